The van der Waals surface area contributed by atoms with Gasteiger partial charge in [0.05, 0.1) is 16.5 Å². The van der Waals surface area contributed by atoms with Crippen molar-refractivity contribution in [2.75, 3.05) is 6.54 Å². The Morgan fingerprint density at radius 2 is 2.05 bits per heavy atom. The van der Waals surface area contributed by atoms with Gasteiger partial charge < -0.3 is 16.2 Å². The molecule has 0 fully saturated rings. The first-order valence-corrected chi connectivity index (χ1v) is 7.22. The summed E-state index contributed by atoms with van der Waals surface area (Å²) in [5, 5.41) is 14.1. The average molecular weight is 284 g/mol. The molecule has 0 saturated heterocycles. The molecule has 0 aliphatic rings. The highest BCUT2D eigenvalue weighted by molar-refractivity contribution is 7.12. The molecule has 1 atom stereocenters. The van der Waals surface area contributed by atoms with Crippen molar-refractivity contribution < 1.29 is 14.7 Å². The van der Waals surface area contributed by atoms with E-state index in [0.29, 0.717) is 10.4 Å². The molecule has 1 aromatic heterocycles. The summed E-state index contributed by atoms with van der Waals surface area (Å²) in [6, 6.07) is 1.46. The van der Waals surface area contributed by atoms with Gasteiger partial charge in [-0.1, -0.05) is 26.7 Å². The van der Waals surface area contributed by atoms with Gasteiger partial charge in [-0.2, -0.15) is 0 Å². The highest BCUT2D eigenvalue weighted by atomic mass is 32.1. The molecule has 0 aliphatic heterocycles. The molecule has 0 aromatic carbocycles. The largest absolute Gasteiger partial charge is 0.391 e. The molecular formula is C13H20N2O3S. The van der Waals surface area contributed by atoms with Crippen molar-refractivity contribution >= 4 is 23.2 Å². The maximum Gasteiger partial charge on any atom is 0.261 e. The number of thiophene rings is 1. The van der Waals surface area contributed by atoms with Crippen LogP contribution in [0.25, 0.3) is 0 Å². The highest BCUT2D eigenvalue weighted by Crippen LogP contribution is 2.15. The molecule has 2 amide bonds. The number of carbonyl (C=O) groups is 2. The molecule has 0 saturated carbocycles. The lowest BCUT2D eigenvalue weighted by Gasteiger charge is -2.20. The second-order valence-corrected chi connectivity index (χ2v) is 5.33. The molecule has 0 radical (unpaired) electrons. The van der Waals surface area contributed by atoms with E-state index in [1.807, 2.05) is 13.8 Å². The second kappa shape index (κ2) is 7.25. The fourth-order valence-corrected chi connectivity index (χ4v) is 2.68. The topological polar surface area (TPSA) is 92.4 Å². The van der Waals surface area contributed by atoms with Crippen molar-refractivity contribution in [3.05, 3.63) is 21.9 Å². The number of amides is 2. The molecule has 0 spiro atoms. The van der Waals surface area contributed by atoms with Crippen LogP contribution in [0.1, 0.15) is 46.7 Å². The molecule has 1 heterocycles. The third kappa shape index (κ3) is 4.33. The van der Waals surface area contributed by atoms with E-state index in [1.54, 1.807) is 5.38 Å². The van der Waals surface area contributed by atoms with Crippen molar-refractivity contribution in [1.29, 1.82) is 0 Å². The van der Waals surface area contributed by atoms with Gasteiger partial charge in [0, 0.05) is 11.9 Å². The molecule has 1 unspecified atom stereocenters. The summed E-state index contributed by atoms with van der Waals surface area (Å²) in [5.74, 6) is -0.653. The van der Waals surface area contributed by atoms with Crippen LogP contribution in [0.3, 0.4) is 0 Å². The number of carbonyl (C=O) groups excluding carboxylic acids is 2. The number of primary amides is 1. The van der Waals surface area contributed by atoms with Gasteiger partial charge in [-0.25, -0.2) is 0 Å². The molecule has 19 heavy (non-hydrogen) atoms. The summed E-state index contributed by atoms with van der Waals surface area (Å²) >= 11 is 1.16. The molecular weight excluding hydrogens is 264 g/mol. The fraction of sp³-hybridized carbons (Fsp3) is 0.538. The number of hydrogen-bond donors (Lipinski definition) is 3. The van der Waals surface area contributed by atoms with E-state index in [1.165, 1.54) is 6.07 Å². The van der Waals surface area contributed by atoms with E-state index < -0.39 is 12.0 Å². The minimum absolute atomic E-state index is 0.185. The molecule has 0 bridgehead atoms. The van der Waals surface area contributed by atoms with Crippen LogP contribution in [-0.2, 0) is 0 Å². The first kappa shape index (κ1) is 15.7. The number of nitrogens with one attached hydrogen (secondary N) is 1. The Bertz CT molecular complexity index is 441. The summed E-state index contributed by atoms with van der Waals surface area (Å²) in [7, 11) is 0. The van der Waals surface area contributed by atoms with Gasteiger partial charge in [0.15, 0.2) is 0 Å². The summed E-state index contributed by atoms with van der Waals surface area (Å²) in [5.41, 5.74) is 5.45. The Morgan fingerprint density at radius 1 is 1.42 bits per heavy atom. The van der Waals surface area contributed by atoms with Crippen LogP contribution >= 0.6 is 11.3 Å². The zero-order valence-corrected chi connectivity index (χ0v) is 12.0. The average Bonchev–Trinajstić information content (AvgIpc) is 2.87. The summed E-state index contributed by atoms with van der Waals surface area (Å²) in [6.07, 6.45) is 1.20. The van der Waals surface area contributed by atoms with Gasteiger partial charge in [0.25, 0.3) is 5.91 Å². The highest BCUT2D eigenvalue weighted by Gasteiger charge is 2.17. The number of aliphatic hydroxyl groups is 1. The van der Waals surface area contributed by atoms with E-state index in [-0.39, 0.29) is 18.4 Å². The Hall–Kier alpha value is -1.40. The van der Waals surface area contributed by atoms with Crippen molar-refractivity contribution in [3.8, 4) is 0 Å². The van der Waals surface area contributed by atoms with E-state index in [2.05, 4.69) is 5.32 Å². The number of hydrogen-bond acceptors (Lipinski definition) is 4. The van der Waals surface area contributed by atoms with Gasteiger partial charge in [-0.15, -0.1) is 11.3 Å². The van der Waals surface area contributed by atoms with Crippen LogP contribution in [0.4, 0.5) is 0 Å². The molecule has 5 nitrogen and oxygen atoms in total. The minimum Gasteiger partial charge on any atom is -0.391 e. The lowest BCUT2D eigenvalue weighted by molar-refractivity contribution is 0.0819. The zero-order chi connectivity index (χ0) is 14.4. The number of rotatable bonds is 7. The quantitative estimate of drug-likeness (QED) is 0.706. The van der Waals surface area contributed by atoms with Crippen LogP contribution < -0.4 is 11.1 Å². The van der Waals surface area contributed by atoms with Crippen LogP contribution in [-0.4, -0.2) is 29.6 Å². The Morgan fingerprint density at radius 3 is 2.53 bits per heavy atom. The van der Waals surface area contributed by atoms with E-state index in [0.717, 1.165) is 24.2 Å². The Labute approximate surface area is 116 Å². The fourth-order valence-electron chi connectivity index (χ4n) is 1.87. The standard InChI is InChI=1S/C13H20N2O3S/c1-3-8(4-2)10(16)6-15-13(18)11-5-9(7-19-11)12(14)17/h5,7-8,10,16H,3-4,6H2,1-2H3,(H2,14,17)(H,15,18). The molecule has 0 aliphatic carbocycles. The lowest BCUT2D eigenvalue weighted by Crippen LogP contribution is -2.35. The lowest BCUT2D eigenvalue weighted by atomic mass is 9.96. The predicted octanol–water partition coefficient (Wildman–Crippen LogP) is 1.37. The summed E-state index contributed by atoms with van der Waals surface area (Å²) in [6.45, 7) is 4.24. The molecule has 1 rings (SSSR count). The van der Waals surface area contributed by atoms with Crippen LogP contribution in [0, 0.1) is 5.92 Å². The number of nitrogens with two attached hydrogens (primary N) is 1. The number of aliphatic hydroxyl groups excluding tert-OH is 1. The van der Waals surface area contributed by atoms with Gasteiger partial charge in [0.2, 0.25) is 5.91 Å². The zero-order valence-electron chi connectivity index (χ0n) is 11.2. The first-order valence-electron chi connectivity index (χ1n) is 6.34. The molecule has 106 valence electrons. The monoisotopic (exact) mass is 284 g/mol. The van der Waals surface area contributed by atoms with Crippen LogP contribution in [0.2, 0.25) is 0 Å². The van der Waals surface area contributed by atoms with Gasteiger partial charge in [-0.3, -0.25) is 9.59 Å². The Kier molecular flexibility index (Phi) is 5.98. The van der Waals surface area contributed by atoms with Gasteiger partial charge in [0.1, 0.15) is 0 Å². The van der Waals surface area contributed by atoms with E-state index in [4.69, 9.17) is 5.73 Å². The first-order chi connectivity index (χ1) is 8.99. The van der Waals surface area contributed by atoms with Gasteiger partial charge in [-0.05, 0) is 12.0 Å². The van der Waals surface area contributed by atoms with Crippen LogP contribution in [0.15, 0.2) is 11.4 Å². The molecule has 6 heteroatoms. The smallest absolute Gasteiger partial charge is 0.261 e. The van der Waals surface area contributed by atoms with Crippen molar-refractivity contribution in [2.45, 2.75) is 32.8 Å². The minimum atomic E-state index is -0.549. The Balaban J connectivity index is 2.53. The maximum absolute atomic E-state index is 11.8. The third-order valence-electron chi connectivity index (χ3n) is 3.17. The maximum atomic E-state index is 11.8. The van der Waals surface area contributed by atoms with E-state index in [9.17, 15) is 14.7 Å². The summed E-state index contributed by atoms with van der Waals surface area (Å²) in [4.78, 5) is 23.2. The second-order valence-electron chi connectivity index (χ2n) is 4.42. The van der Waals surface area contributed by atoms with Crippen molar-refractivity contribution in [3.63, 3.8) is 0 Å². The normalized spacial score (nSPS) is 12.4. The van der Waals surface area contributed by atoms with Gasteiger partial charge >= 0.3 is 0 Å². The van der Waals surface area contributed by atoms with Crippen LogP contribution in [0.5, 0.6) is 0 Å². The van der Waals surface area contributed by atoms with Crippen molar-refractivity contribution in [1.82, 2.24) is 5.32 Å². The third-order valence-corrected chi connectivity index (χ3v) is 4.10. The summed E-state index contributed by atoms with van der Waals surface area (Å²) < 4.78 is 0. The van der Waals surface area contributed by atoms with Crippen molar-refractivity contribution in [2.24, 2.45) is 11.7 Å². The molecule has 1 aromatic rings. The predicted molar refractivity (Wildman–Crippen MR) is 75.2 cm³/mol. The van der Waals surface area contributed by atoms with E-state index >= 15 is 0 Å². The SMILES string of the molecule is CCC(CC)C(O)CNC(=O)c1cc(C(N)=O)cs1. The molecule has 4 N–H and O–H groups in total.